The second-order valence-electron chi connectivity index (χ2n) is 25.6. The van der Waals surface area contributed by atoms with E-state index in [2.05, 4.69) is 46.5 Å². The van der Waals surface area contributed by atoms with Gasteiger partial charge in [-0.2, -0.15) is 46.9 Å². The summed E-state index contributed by atoms with van der Waals surface area (Å²) in [6, 6.07) is 40.5. The molecular weight excluding hydrogens is 1500 g/mol. The number of anilines is 4. The van der Waals surface area contributed by atoms with Gasteiger partial charge in [0.1, 0.15) is 29.5 Å². The highest BCUT2D eigenvalue weighted by Gasteiger charge is 2.45. The number of hydrogen-bond acceptors (Lipinski definition) is 21. The fourth-order valence-electron chi connectivity index (χ4n) is 12.1. The van der Waals surface area contributed by atoms with E-state index in [1.165, 1.54) is 70.6 Å². The summed E-state index contributed by atoms with van der Waals surface area (Å²) in [7, 11) is -0.747. The molecule has 0 unspecified atom stereocenters. The molecule has 8 aromatic rings. The number of ether oxygens (including phenoxy) is 4. The molecule has 33 nitrogen and oxygen atoms in total. The zero-order chi connectivity index (χ0) is 75.1. The lowest BCUT2D eigenvalue weighted by atomic mass is 10.1. The molecule has 0 radical (unpaired) electrons. The summed E-state index contributed by atoms with van der Waals surface area (Å²) in [6.45, 7) is 5.11. The van der Waals surface area contributed by atoms with Crippen molar-refractivity contribution in [1.82, 2.24) is 62.2 Å². The van der Waals surface area contributed by atoms with Gasteiger partial charge in [0.25, 0.3) is 23.6 Å². The van der Waals surface area contributed by atoms with Crippen molar-refractivity contribution in [3.8, 4) is 0 Å². The van der Waals surface area contributed by atoms with Gasteiger partial charge in [0.15, 0.2) is 18.7 Å². The predicted octanol–water partition coefficient (Wildman–Crippen LogP) is 8.65. The molecular formula is C73H97N17O16P2S2. The SMILES string of the molecule is C.C.CC[C@@H]1CN([P@@](=O)(OC[C@@H]2CCC[C@H](n3ccc(NC(=O)c4ccccc4)nc3=O)O2)N(C)C)C[C@H](n2ccc(NC(=O)c3ccccc3)nc2=O)O1.CC[C@@H]1CN([P@@](=O)(OC[C@@H]2CNC[C@H](n3ccc(NC(=O)c4ccccc4)nc3=O)O2)N(C)C)C[C@H](n2ccc(NC(=O)c3ccccc3)nc2=O)O1.S.S. The van der Waals surface area contributed by atoms with Crippen molar-refractivity contribution in [3.63, 3.8) is 0 Å². The van der Waals surface area contributed by atoms with Crippen molar-refractivity contribution in [1.29, 1.82) is 0 Å². The zero-order valence-electron chi connectivity index (χ0n) is 60.3. The lowest BCUT2D eigenvalue weighted by Gasteiger charge is -2.43. The Bertz CT molecular complexity index is 4440. The Morgan fingerprint density at radius 1 is 0.427 bits per heavy atom. The zero-order valence-corrected chi connectivity index (χ0v) is 64.1. The second-order valence-corrected chi connectivity index (χ2v) is 30.8. The van der Waals surface area contributed by atoms with Gasteiger partial charge in [-0.15, -0.1) is 0 Å². The molecule has 37 heteroatoms. The Kier molecular flexibility index (Phi) is 32.7. The molecule has 4 aliphatic rings. The lowest BCUT2D eigenvalue weighted by Crippen LogP contribution is -2.49. The van der Waals surface area contributed by atoms with Crippen molar-refractivity contribution in [2.24, 2.45) is 0 Å². The van der Waals surface area contributed by atoms with Gasteiger partial charge in [-0.25, -0.2) is 37.9 Å². The van der Waals surface area contributed by atoms with Gasteiger partial charge in [-0.3, -0.25) is 46.6 Å². The summed E-state index contributed by atoms with van der Waals surface area (Å²) >= 11 is 0. The van der Waals surface area contributed by atoms with Crippen LogP contribution in [0.3, 0.4) is 0 Å². The molecule has 110 heavy (non-hydrogen) atoms. The summed E-state index contributed by atoms with van der Waals surface area (Å²) in [6.07, 6.45) is 4.19. The van der Waals surface area contributed by atoms with E-state index in [0.29, 0.717) is 61.0 Å². The van der Waals surface area contributed by atoms with E-state index < -0.39 is 92.9 Å². The molecule has 4 aliphatic heterocycles. The summed E-state index contributed by atoms with van der Waals surface area (Å²) in [5.74, 6) is -1.16. The van der Waals surface area contributed by atoms with Crippen molar-refractivity contribution in [3.05, 3.63) is 235 Å². The molecule has 0 bridgehead atoms. The van der Waals surface area contributed by atoms with Crippen LogP contribution in [0.4, 0.5) is 23.3 Å². The van der Waals surface area contributed by atoms with E-state index in [1.54, 1.807) is 165 Å². The van der Waals surface area contributed by atoms with Crippen LogP contribution >= 0.6 is 42.3 Å². The third-order valence-electron chi connectivity index (χ3n) is 17.8. The standard InChI is InChI=1S/C36H43N8O8P.C35H42N9O8P.2CH4.2H2S/c1-4-27-22-42(23-32(51-27)44-21-19-30(40-36(44)48)38-34(46)26-14-9-6-10-15-26)53(49,41(2)3)50-24-28-16-11-17-31(52-28)43-20-18-29(39-35(43)47)37-33(45)25-12-7-5-8-13-25;1-4-26-21-42(22-31(51-26)44-18-16-29(40-35(44)48)38-33(46)25-13-9-6-10-14-25)53(49,41(2)3)50-23-27-19-36-20-30(52-27)43-17-15-28(39-34(43)47)37-32(45)24-11-7-5-8-12-24;;;;/h5-10,12-15,18-21,27-28,31-32H,4,11,16-17,22-24H2,1-3H3,(H,37,39,45,47)(H,38,40,46,48);5-18,26-27,30-31,36H,4,19-23H2,1-3H3,(H,37,39,45,47)(H,38,40,46,48);2*1H4;2*1H2/t27-,28+,31-,32-,53+;26-,27+,30-,31-,53+;;;;/m11..../s1. The molecule has 4 fully saturated rings. The maximum atomic E-state index is 14.6. The number of hydrogen-bond donors (Lipinski definition) is 5. The van der Waals surface area contributed by atoms with Gasteiger partial charge < -0.3 is 54.6 Å². The third kappa shape index (κ3) is 22.2. The van der Waals surface area contributed by atoms with E-state index >= 15 is 0 Å². The number of morpholine rings is 3. The highest BCUT2D eigenvalue weighted by atomic mass is 32.1. The first kappa shape index (κ1) is 88.2. The average molecular weight is 1590 g/mol. The molecule has 5 N–H and O–H groups in total. The minimum Gasteiger partial charge on any atom is -0.352 e. The first-order valence-corrected chi connectivity index (χ1v) is 37.6. The average Bonchev–Trinajstić information content (AvgIpc) is 0.784. The van der Waals surface area contributed by atoms with E-state index in [4.69, 9.17) is 28.0 Å². The molecule has 0 saturated carbocycles. The molecule has 0 spiro atoms. The number of amides is 4. The number of nitrogens with zero attached hydrogens (tertiary/aromatic N) is 12. The van der Waals surface area contributed by atoms with Crippen LogP contribution in [0.2, 0.25) is 0 Å². The smallest absolute Gasteiger partial charge is 0.351 e. The van der Waals surface area contributed by atoms with Crippen molar-refractivity contribution in [2.75, 3.05) is 102 Å². The van der Waals surface area contributed by atoms with Crippen LogP contribution in [0, 0.1) is 0 Å². The number of carbonyl (C=O) groups excluding carboxylic acids is 4. The quantitative estimate of drug-likeness (QED) is 0.0353. The summed E-state index contributed by atoms with van der Waals surface area (Å²) in [5, 5.41) is 13.8. The number of rotatable bonds is 24. The molecule has 4 amide bonds. The molecule has 0 aliphatic carbocycles. The van der Waals surface area contributed by atoms with E-state index in [9.17, 15) is 47.5 Å². The van der Waals surface area contributed by atoms with Crippen LogP contribution in [0.15, 0.2) is 190 Å². The molecule has 12 rings (SSSR count). The second kappa shape index (κ2) is 40.8. The fourth-order valence-corrected chi connectivity index (χ4v) is 16.1. The van der Waals surface area contributed by atoms with Crippen LogP contribution in [0.1, 0.15) is 127 Å². The van der Waals surface area contributed by atoms with Crippen LogP contribution in [-0.2, 0) is 37.1 Å². The van der Waals surface area contributed by atoms with Crippen molar-refractivity contribution in [2.45, 2.75) is 110 Å². The van der Waals surface area contributed by atoms with E-state index in [-0.39, 0.29) is 123 Å². The number of carbonyl (C=O) groups is 4. The monoisotopic (exact) mass is 1590 g/mol. The molecule has 4 saturated heterocycles. The summed E-state index contributed by atoms with van der Waals surface area (Å²) < 4.78 is 78.3. The highest BCUT2D eigenvalue weighted by Crippen LogP contribution is 2.56. The predicted molar refractivity (Wildman–Crippen MR) is 426 cm³/mol. The molecule has 10 atom stereocenters. The minimum absolute atomic E-state index is 0. The van der Waals surface area contributed by atoms with Gasteiger partial charge in [-0.05, 0) is 133 Å². The maximum absolute atomic E-state index is 14.6. The van der Waals surface area contributed by atoms with Crippen molar-refractivity contribution >= 4 is 89.2 Å². The Labute approximate surface area is 651 Å². The van der Waals surface area contributed by atoms with Crippen LogP contribution in [0.25, 0.3) is 0 Å². The van der Waals surface area contributed by atoms with Gasteiger partial charge in [-0.1, -0.05) is 101 Å². The molecule has 8 heterocycles. The largest absolute Gasteiger partial charge is 0.352 e. The Morgan fingerprint density at radius 2 is 0.727 bits per heavy atom. The minimum atomic E-state index is -3.70. The van der Waals surface area contributed by atoms with Crippen LogP contribution in [0.5, 0.6) is 0 Å². The Morgan fingerprint density at radius 3 is 1.05 bits per heavy atom. The van der Waals surface area contributed by atoms with E-state index in [1.807, 2.05) is 13.8 Å². The van der Waals surface area contributed by atoms with Crippen LogP contribution < -0.4 is 49.3 Å². The van der Waals surface area contributed by atoms with E-state index in [0.717, 1.165) is 6.42 Å². The fraction of sp³-hybridized carbons (Fsp3) is 0.397. The first-order chi connectivity index (χ1) is 51.1. The normalized spacial score (nSPS) is 21.0. The van der Waals surface area contributed by atoms with Gasteiger partial charge in [0.2, 0.25) is 0 Å². The topological polar surface area (TPSA) is 370 Å². The summed E-state index contributed by atoms with van der Waals surface area (Å²) in [4.78, 5) is 119. The number of nitrogens with one attached hydrogen (secondary N) is 5. The van der Waals surface area contributed by atoms with Crippen molar-refractivity contribution < 1.29 is 56.3 Å². The Balaban J connectivity index is 0.000000295. The number of aromatic nitrogens is 8. The van der Waals surface area contributed by atoms with Gasteiger partial charge in [0.05, 0.1) is 50.7 Å². The van der Waals surface area contributed by atoms with Gasteiger partial charge >= 0.3 is 38.1 Å². The first-order valence-electron chi connectivity index (χ1n) is 34.6. The molecule has 592 valence electrons. The Hall–Kier alpha value is -9.00. The highest BCUT2D eigenvalue weighted by molar-refractivity contribution is 7.59. The molecule has 4 aromatic heterocycles. The third-order valence-corrected chi connectivity index (χ3v) is 22.9. The van der Waals surface area contributed by atoms with Crippen LogP contribution in [-0.4, -0.2) is 186 Å². The summed E-state index contributed by atoms with van der Waals surface area (Å²) in [5.41, 5.74) is -0.776. The molecule has 4 aromatic carbocycles. The number of benzene rings is 4. The van der Waals surface area contributed by atoms with Gasteiger partial charge in [0, 0.05) is 73.2 Å². The lowest BCUT2D eigenvalue weighted by molar-refractivity contribution is -0.116. The maximum Gasteiger partial charge on any atom is 0.351 e.